The van der Waals surface area contributed by atoms with Crippen molar-refractivity contribution in [3.8, 4) is 0 Å². The summed E-state index contributed by atoms with van der Waals surface area (Å²) >= 11 is 0. The van der Waals surface area contributed by atoms with Gasteiger partial charge in [0.1, 0.15) is 0 Å². The predicted octanol–water partition coefficient (Wildman–Crippen LogP) is 1.53. The maximum absolute atomic E-state index is 11.3. The van der Waals surface area contributed by atoms with Crippen LogP contribution in [0.1, 0.15) is 24.0 Å². The summed E-state index contributed by atoms with van der Waals surface area (Å²) in [5.41, 5.74) is 2.90. The fourth-order valence-electron chi connectivity index (χ4n) is 1.59. The smallest absolute Gasteiger partial charge is 0.238 e. The van der Waals surface area contributed by atoms with Crippen LogP contribution in [0.3, 0.4) is 0 Å². The zero-order valence-electron chi connectivity index (χ0n) is 9.45. The molecular weight excluding hydrogens is 224 g/mol. The van der Waals surface area contributed by atoms with Crippen molar-refractivity contribution < 1.29 is 8.42 Å². The van der Waals surface area contributed by atoms with E-state index in [0.717, 1.165) is 29.7 Å². The Kier molecular flexibility index (Phi) is 2.67. The fraction of sp³-hybridized carbons (Fsp3) is 0.455. The molecule has 16 heavy (non-hydrogen) atoms. The molecule has 0 radical (unpaired) electrons. The molecule has 88 valence electrons. The molecule has 0 spiro atoms. The van der Waals surface area contributed by atoms with Crippen molar-refractivity contribution in [2.24, 2.45) is 5.14 Å². The van der Waals surface area contributed by atoms with Gasteiger partial charge < -0.3 is 5.32 Å². The molecule has 0 saturated heterocycles. The highest BCUT2D eigenvalue weighted by Crippen LogP contribution is 2.29. The number of hydrogen-bond acceptors (Lipinski definition) is 3. The van der Waals surface area contributed by atoms with Crippen molar-refractivity contribution in [3.05, 3.63) is 23.3 Å². The van der Waals surface area contributed by atoms with Crippen LogP contribution in [0.25, 0.3) is 0 Å². The molecule has 1 aromatic carbocycles. The van der Waals surface area contributed by atoms with Gasteiger partial charge in [-0.05, 0) is 49.9 Å². The Morgan fingerprint density at radius 2 is 1.94 bits per heavy atom. The number of primary sulfonamides is 1. The standard InChI is InChI=1S/C11H16N2O2S/c1-7-5-10(16(12,14)15)6-11(8(7)2)13-9-3-4-9/h5-6,9,13H,3-4H2,1-2H3,(H2,12,14,15). The minimum atomic E-state index is -3.62. The molecule has 1 aliphatic rings. The quantitative estimate of drug-likeness (QED) is 0.841. The highest BCUT2D eigenvalue weighted by atomic mass is 32.2. The lowest BCUT2D eigenvalue weighted by molar-refractivity contribution is 0.597. The number of sulfonamides is 1. The largest absolute Gasteiger partial charge is 0.382 e. The summed E-state index contributed by atoms with van der Waals surface area (Å²) in [5, 5.41) is 8.45. The van der Waals surface area contributed by atoms with E-state index in [0.29, 0.717) is 6.04 Å². The van der Waals surface area contributed by atoms with Crippen LogP contribution in [0.15, 0.2) is 17.0 Å². The third-order valence-corrected chi connectivity index (χ3v) is 3.80. The Morgan fingerprint density at radius 3 is 2.44 bits per heavy atom. The Balaban J connectivity index is 2.46. The number of hydrogen-bond donors (Lipinski definition) is 2. The van der Waals surface area contributed by atoms with Crippen molar-refractivity contribution in [3.63, 3.8) is 0 Å². The van der Waals surface area contributed by atoms with Crippen molar-refractivity contribution in [2.75, 3.05) is 5.32 Å². The summed E-state index contributed by atoms with van der Waals surface area (Å²) in [6, 6.07) is 3.73. The summed E-state index contributed by atoms with van der Waals surface area (Å²) < 4.78 is 22.6. The minimum absolute atomic E-state index is 0.179. The molecule has 0 unspecified atom stereocenters. The topological polar surface area (TPSA) is 72.2 Å². The summed E-state index contributed by atoms with van der Waals surface area (Å²) in [7, 11) is -3.62. The summed E-state index contributed by atoms with van der Waals surface area (Å²) in [6.45, 7) is 3.87. The van der Waals surface area contributed by atoms with Crippen LogP contribution in [-0.4, -0.2) is 14.5 Å². The predicted molar refractivity (Wildman–Crippen MR) is 63.9 cm³/mol. The van der Waals surface area contributed by atoms with Gasteiger partial charge in [0, 0.05) is 11.7 Å². The number of benzene rings is 1. The Morgan fingerprint density at radius 1 is 1.31 bits per heavy atom. The molecule has 0 aliphatic heterocycles. The average molecular weight is 240 g/mol. The number of aryl methyl sites for hydroxylation is 1. The van der Waals surface area contributed by atoms with Crippen LogP contribution in [0.2, 0.25) is 0 Å². The zero-order valence-corrected chi connectivity index (χ0v) is 10.3. The second-order valence-corrected chi connectivity index (χ2v) is 5.94. The van der Waals surface area contributed by atoms with Crippen molar-refractivity contribution in [2.45, 2.75) is 37.6 Å². The van der Waals surface area contributed by atoms with Crippen molar-refractivity contribution in [1.82, 2.24) is 0 Å². The van der Waals surface area contributed by atoms with Gasteiger partial charge in [0.25, 0.3) is 0 Å². The molecule has 1 saturated carbocycles. The Bertz CT molecular complexity index is 519. The van der Waals surface area contributed by atoms with Gasteiger partial charge in [-0.1, -0.05) is 0 Å². The average Bonchev–Trinajstić information content (AvgIpc) is 2.94. The van der Waals surface area contributed by atoms with Crippen LogP contribution >= 0.6 is 0 Å². The van der Waals surface area contributed by atoms with Crippen LogP contribution in [0.5, 0.6) is 0 Å². The van der Waals surface area contributed by atoms with Gasteiger partial charge in [0.15, 0.2) is 0 Å². The van der Waals surface area contributed by atoms with Gasteiger partial charge in [-0.25, -0.2) is 13.6 Å². The van der Waals surface area contributed by atoms with E-state index in [4.69, 9.17) is 5.14 Å². The van der Waals surface area contributed by atoms with E-state index in [9.17, 15) is 8.42 Å². The molecule has 0 amide bonds. The lowest BCUT2D eigenvalue weighted by Gasteiger charge is -2.12. The lowest BCUT2D eigenvalue weighted by Crippen LogP contribution is -2.14. The number of nitrogens with one attached hydrogen (secondary N) is 1. The van der Waals surface area contributed by atoms with Gasteiger partial charge >= 0.3 is 0 Å². The zero-order chi connectivity index (χ0) is 11.9. The number of rotatable bonds is 3. The molecule has 0 atom stereocenters. The first kappa shape index (κ1) is 11.4. The van der Waals surface area contributed by atoms with Gasteiger partial charge in [-0.15, -0.1) is 0 Å². The molecule has 5 heteroatoms. The van der Waals surface area contributed by atoms with Crippen molar-refractivity contribution >= 4 is 15.7 Å². The first-order chi connectivity index (χ1) is 7.38. The Hall–Kier alpha value is -1.07. The van der Waals surface area contributed by atoms with E-state index in [1.165, 1.54) is 0 Å². The third kappa shape index (κ3) is 2.36. The van der Waals surface area contributed by atoms with Gasteiger partial charge in [-0.3, -0.25) is 0 Å². The maximum atomic E-state index is 11.3. The molecule has 0 heterocycles. The third-order valence-electron chi connectivity index (χ3n) is 2.91. The first-order valence-electron chi connectivity index (χ1n) is 5.28. The van der Waals surface area contributed by atoms with Crippen LogP contribution in [0.4, 0.5) is 5.69 Å². The molecule has 1 fully saturated rings. The summed E-state index contributed by atoms with van der Waals surface area (Å²) in [6.07, 6.45) is 2.30. The minimum Gasteiger partial charge on any atom is -0.382 e. The van der Waals surface area contributed by atoms with Crippen LogP contribution < -0.4 is 10.5 Å². The highest BCUT2D eigenvalue weighted by molar-refractivity contribution is 7.89. The van der Waals surface area contributed by atoms with Gasteiger partial charge in [0.2, 0.25) is 10.0 Å². The lowest BCUT2D eigenvalue weighted by atomic mass is 10.1. The Labute approximate surface area is 95.9 Å². The van der Waals surface area contributed by atoms with Crippen molar-refractivity contribution in [1.29, 1.82) is 0 Å². The molecule has 2 rings (SSSR count). The van der Waals surface area contributed by atoms with Gasteiger partial charge in [-0.2, -0.15) is 0 Å². The van der Waals surface area contributed by atoms with E-state index in [1.807, 2.05) is 13.8 Å². The van der Waals surface area contributed by atoms with Crippen LogP contribution in [-0.2, 0) is 10.0 Å². The van der Waals surface area contributed by atoms with Gasteiger partial charge in [0.05, 0.1) is 4.90 Å². The van der Waals surface area contributed by atoms with E-state index < -0.39 is 10.0 Å². The monoisotopic (exact) mass is 240 g/mol. The SMILES string of the molecule is Cc1cc(S(N)(=O)=O)cc(NC2CC2)c1C. The first-order valence-corrected chi connectivity index (χ1v) is 6.83. The normalized spacial score (nSPS) is 16.2. The highest BCUT2D eigenvalue weighted by Gasteiger charge is 2.22. The molecule has 1 aliphatic carbocycles. The molecule has 0 bridgehead atoms. The van der Waals surface area contributed by atoms with E-state index in [2.05, 4.69) is 5.32 Å². The van der Waals surface area contributed by atoms with Crippen LogP contribution in [0, 0.1) is 13.8 Å². The molecular formula is C11H16N2O2S. The van der Waals surface area contributed by atoms with E-state index >= 15 is 0 Å². The van der Waals surface area contributed by atoms with E-state index in [-0.39, 0.29) is 4.90 Å². The summed E-state index contributed by atoms with van der Waals surface area (Å²) in [4.78, 5) is 0.179. The second-order valence-electron chi connectivity index (χ2n) is 4.38. The fourth-order valence-corrected chi connectivity index (χ4v) is 2.21. The summed E-state index contributed by atoms with van der Waals surface area (Å²) in [5.74, 6) is 0. The molecule has 1 aromatic rings. The number of anilines is 1. The van der Waals surface area contributed by atoms with E-state index in [1.54, 1.807) is 12.1 Å². The molecule has 0 aromatic heterocycles. The molecule has 3 N–H and O–H groups in total. The molecule has 4 nitrogen and oxygen atoms in total. The number of nitrogens with two attached hydrogens (primary N) is 1. The maximum Gasteiger partial charge on any atom is 0.238 e. The second kappa shape index (κ2) is 3.75.